The van der Waals surface area contributed by atoms with Gasteiger partial charge in [0.1, 0.15) is 10.6 Å². The van der Waals surface area contributed by atoms with Gasteiger partial charge in [0.25, 0.3) is 11.8 Å². The Morgan fingerprint density at radius 2 is 1.93 bits per heavy atom. The Kier molecular flexibility index (Phi) is 6.44. The summed E-state index contributed by atoms with van der Waals surface area (Å²) in [5, 5.41) is 2.45. The first-order valence-corrected chi connectivity index (χ1v) is 11.6. The Balaban J connectivity index is 1.58. The summed E-state index contributed by atoms with van der Waals surface area (Å²) in [5.41, 5.74) is 1.01. The Bertz CT molecular complexity index is 996. The van der Waals surface area contributed by atoms with Crippen molar-refractivity contribution < 1.29 is 14.3 Å². The zero-order valence-corrected chi connectivity index (χ0v) is 18.4. The molecule has 1 aliphatic heterocycles. The maximum absolute atomic E-state index is 13.2. The van der Waals surface area contributed by atoms with Crippen LogP contribution in [0.15, 0.2) is 48.0 Å². The molecule has 0 N–H and O–H groups in total. The molecule has 1 fully saturated rings. The molecule has 1 aromatic carbocycles. The van der Waals surface area contributed by atoms with Gasteiger partial charge in [0, 0.05) is 36.6 Å². The number of nitrogens with zero attached hydrogens (tertiary/aromatic N) is 3. The number of thiazole rings is 1. The summed E-state index contributed by atoms with van der Waals surface area (Å²) in [4.78, 5) is 34.7. The first-order valence-electron chi connectivity index (χ1n) is 9.91. The van der Waals surface area contributed by atoms with Gasteiger partial charge in [0.2, 0.25) is 0 Å². The van der Waals surface area contributed by atoms with Gasteiger partial charge in [-0.3, -0.25) is 14.5 Å². The summed E-state index contributed by atoms with van der Waals surface area (Å²) in [7, 11) is 1.70. The SMILES string of the molecule is CN(C(=O)c1sc(-c2ccccc2)cc1OCC(=O)N1CCCCC1)c1nccs1. The highest BCUT2D eigenvalue weighted by atomic mass is 32.1. The molecule has 6 nitrogen and oxygen atoms in total. The summed E-state index contributed by atoms with van der Waals surface area (Å²) in [6.07, 6.45) is 4.90. The molecule has 0 aliphatic carbocycles. The van der Waals surface area contributed by atoms with Gasteiger partial charge < -0.3 is 9.64 Å². The summed E-state index contributed by atoms with van der Waals surface area (Å²) in [6, 6.07) is 11.7. The smallest absolute Gasteiger partial charge is 0.273 e. The van der Waals surface area contributed by atoms with E-state index in [9.17, 15) is 9.59 Å². The predicted molar refractivity (Wildman–Crippen MR) is 121 cm³/mol. The van der Waals surface area contributed by atoms with Crippen molar-refractivity contribution in [2.45, 2.75) is 19.3 Å². The molecule has 0 saturated carbocycles. The zero-order valence-electron chi connectivity index (χ0n) is 16.7. The lowest BCUT2D eigenvalue weighted by Gasteiger charge is -2.26. The molecule has 0 spiro atoms. The number of rotatable bonds is 6. The average molecular weight is 442 g/mol. The molecule has 0 radical (unpaired) electrons. The van der Waals surface area contributed by atoms with Crippen LogP contribution in [0.25, 0.3) is 10.4 Å². The maximum atomic E-state index is 13.2. The quantitative estimate of drug-likeness (QED) is 0.563. The number of aromatic nitrogens is 1. The van der Waals surface area contributed by atoms with Crippen molar-refractivity contribution in [3.05, 3.63) is 52.9 Å². The molecule has 30 heavy (non-hydrogen) atoms. The monoisotopic (exact) mass is 441 g/mol. The zero-order chi connectivity index (χ0) is 20.9. The summed E-state index contributed by atoms with van der Waals surface area (Å²) in [6.45, 7) is 1.49. The second kappa shape index (κ2) is 9.40. The van der Waals surface area contributed by atoms with Gasteiger partial charge in [-0.1, -0.05) is 30.3 Å². The van der Waals surface area contributed by atoms with Gasteiger partial charge >= 0.3 is 0 Å². The van der Waals surface area contributed by atoms with Gasteiger partial charge in [-0.05, 0) is 30.9 Å². The lowest BCUT2D eigenvalue weighted by molar-refractivity contribution is -0.134. The number of amides is 2. The molecule has 1 aliphatic rings. The number of carbonyl (C=O) groups excluding carboxylic acids is 2. The Morgan fingerprint density at radius 3 is 2.63 bits per heavy atom. The van der Waals surface area contributed by atoms with Crippen molar-refractivity contribution in [3.63, 3.8) is 0 Å². The van der Waals surface area contributed by atoms with Crippen molar-refractivity contribution in [2.75, 3.05) is 31.6 Å². The Morgan fingerprint density at radius 1 is 1.17 bits per heavy atom. The number of ether oxygens (including phenoxy) is 1. The van der Waals surface area contributed by atoms with E-state index in [1.807, 2.05) is 46.7 Å². The fourth-order valence-corrected chi connectivity index (χ4v) is 5.06. The van der Waals surface area contributed by atoms with Crippen LogP contribution in [-0.2, 0) is 4.79 Å². The molecule has 0 bridgehead atoms. The lowest BCUT2D eigenvalue weighted by atomic mass is 10.1. The Hall–Kier alpha value is -2.71. The van der Waals surface area contributed by atoms with Crippen LogP contribution in [0.1, 0.15) is 28.9 Å². The third-order valence-electron chi connectivity index (χ3n) is 5.02. The standard InChI is InChI=1S/C22H23N3O3S2/c1-24(22-23-10-13-29-22)21(27)20-17(14-18(30-20)16-8-4-2-5-9-16)28-15-19(26)25-11-6-3-7-12-25/h2,4-5,8-10,13-14H,3,6-7,11-12,15H2,1H3. The van der Waals surface area contributed by atoms with Crippen molar-refractivity contribution in [1.82, 2.24) is 9.88 Å². The number of anilines is 1. The van der Waals surface area contributed by atoms with Crippen molar-refractivity contribution in [3.8, 4) is 16.2 Å². The van der Waals surface area contributed by atoms with E-state index in [1.165, 1.54) is 27.6 Å². The number of piperidine rings is 1. The average Bonchev–Trinajstić information content (AvgIpc) is 3.48. The van der Waals surface area contributed by atoms with Gasteiger partial charge in [-0.2, -0.15) is 0 Å². The molecule has 8 heteroatoms. The number of benzene rings is 1. The Labute approximate surface area is 183 Å². The van der Waals surface area contributed by atoms with E-state index in [4.69, 9.17) is 4.74 Å². The third-order valence-corrected chi connectivity index (χ3v) is 7.02. The normalized spacial score (nSPS) is 13.8. The molecule has 0 unspecified atom stereocenters. The molecule has 3 aromatic rings. The van der Waals surface area contributed by atoms with Crippen molar-refractivity contribution in [2.24, 2.45) is 0 Å². The van der Waals surface area contributed by atoms with Gasteiger partial charge in [0.15, 0.2) is 11.7 Å². The largest absolute Gasteiger partial charge is 0.482 e. The lowest BCUT2D eigenvalue weighted by Crippen LogP contribution is -2.38. The molecule has 2 aromatic heterocycles. The number of likely N-dealkylation sites (tertiary alicyclic amines) is 1. The fourth-order valence-electron chi connectivity index (χ4n) is 3.37. The van der Waals surface area contributed by atoms with Crippen LogP contribution in [0.4, 0.5) is 5.13 Å². The van der Waals surface area contributed by atoms with E-state index < -0.39 is 0 Å². The molecular formula is C22H23N3O3S2. The van der Waals surface area contributed by atoms with Crippen LogP contribution in [0.3, 0.4) is 0 Å². The number of hydrogen-bond acceptors (Lipinski definition) is 6. The van der Waals surface area contributed by atoms with Crippen LogP contribution < -0.4 is 9.64 Å². The van der Waals surface area contributed by atoms with Crippen LogP contribution in [0, 0.1) is 0 Å². The number of thiophene rings is 1. The van der Waals surface area contributed by atoms with Crippen molar-refractivity contribution >= 4 is 39.6 Å². The van der Waals surface area contributed by atoms with Gasteiger partial charge in [-0.25, -0.2) is 4.98 Å². The number of hydrogen-bond donors (Lipinski definition) is 0. The minimum atomic E-state index is -0.197. The predicted octanol–water partition coefficient (Wildman–Crippen LogP) is 4.54. The van der Waals surface area contributed by atoms with E-state index >= 15 is 0 Å². The summed E-state index contributed by atoms with van der Waals surface area (Å²) >= 11 is 2.77. The first-order chi connectivity index (χ1) is 14.6. The third kappa shape index (κ3) is 4.55. The molecule has 156 valence electrons. The summed E-state index contributed by atoms with van der Waals surface area (Å²) < 4.78 is 5.90. The number of carbonyl (C=O) groups is 2. The minimum Gasteiger partial charge on any atom is -0.482 e. The van der Waals surface area contributed by atoms with Crippen molar-refractivity contribution in [1.29, 1.82) is 0 Å². The van der Waals surface area contributed by atoms with Crippen LogP contribution in [-0.4, -0.2) is 48.4 Å². The highest BCUT2D eigenvalue weighted by Gasteiger charge is 2.25. The molecule has 2 amide bonds. The topological polar surface area (TPSA) is 62.7 Å². The van der Waals surface area contributed by atoms with Gasteiger partial charge in [0.05, 0.1) is 0 Å². The molecular weight excluding hydrogens is 418 g/mol. The second-order valence-electron chi connectivity index (χ2n) is 7.08. The molecule has 4 rings (SSSR count). The minimum absolute atomic E-state index is 0.0335. The van der Waals surface area contributed by atoms with E-state index in [1.54, 1.807) is 13.2 Å². The van der Waals surface area contributed by atoms with E-state index in [2.05, 4.69) is 4.98 Å². The first kappa shape index (κ1) is 20.6. The van der Waals surface area contributed by atoms with Crippen LogP contribution in [0.5, 0.6) is 5.75 Å². The maximum Gasteiger partial charge on any atom is 0.273 e. The highest BCUT2D eigenvalue weighted by Crippen LogP contribution is 2.37. The van der Waals surface area contributed by atoms with E-state index in [0.29, 0.717) is 15.8 Å². The highest BCUT2D eigenvalue weighted by molar-refractivity contribution is 7.18. The molecule has 0 atom stereocenters. The fraction of sp³-hybridized carbons (Fsp3) is 0.318. The molecule has 1 saturated heterocycles. The van der Waals surface area contributed by atoms with Gasteiger partial charge in [-0.15, -0.1) is 22.7 Å². The van der Waals surface area contributed by atoms with Crippen LogP contribution >= 0.6 is 22.7 Å². The molecule has 3 heterocycles. The summed E-state index contributed by atoms with van der Waals surface area (Å²) in [5.74, 6) is 0.212. The van der Waals surface area contributed by atoms with Crippen LogP contribution in [0.2, 0.25) is 0 Å². The van der Waals surface area contributed by atoms with E-state index in [0.717, 1.165) is 42.8 Å². The van der Waals surface area contributed by atoms with E-state index in [-0.39, 0.29) is 18.4 Å². The second-order valence-corrected chi connectivity index (χ2v) is 9.00.